The van der Waals surface area contributed by atoms with Crippen LogP contribution in [0.3, 0.4) is 0 Å². The normalized spacial score (nSPS) is 48.4. The smallest absolute Gasteiger partial charge is 0.300 e. The van der Waals surface area contributed by atoms with Crippen LogP contribution in [0.1, 0.15) is 45.4 Å². The number of halogens is 1. The lowest BCUT2D eigenvalue weighted by atomic mass is 9.52. The van der Waals surface area contributed by atoms with Gasteiger partial charge in [-0.05, 0) is 50.4 Å². The van der Waals surface area contributed by atoms with E-state index in [9.17, 15) is 4.39 Å². The van der Waals surface area contributed by atoms with Gasteiger partial charge in [0.25, 0.3) is 5.97 Å². The van der Waals surface area contributed by atoms with E-state index >= 15 is 0 Å². The van der Waals surface area contributed by atoms with Gasteiger partial charge in [-0.25, -0.2) is 4.39 Å². The zero-order valence-corrected chi connectivity index (χ0v) is 9.71. The average Bonchev–Trinajstić information content (AvgIpc) is 1.93. The molecule has 4 heteroatoms. The molecule has 16 heavy (non-hydrogen) atoms. The number of alkyl halides is 1. The Morgan fingerprint density at radius 2 is 1.75 bits per heavy atom. The summed E-state index contributed by atoms with van der Waals surface area (Å²) >= 11 is 0. The molecule has 4 rings (SSSR count). The predicted octanol–water partition coefficient (Wildman–Crippen LogP) is 2.10. The van der Waals surface area contributed by atoms with Crippen molar-refractivity contribution >= 4 is 5.97 Å². The fourth-order valence-corrected chi connectivity index (χ4v) is 4.22. The number of hydrogen-bond donors (Lipinski definition) is 2. The fourth-order valence-electron chi connectivity index (χ4n) is 4.22. The molecule has 4 aliphatic carbocycles. The van der Waals surface area contributed by atoms with Gasteiger partial charge in [-0.15, -0.1) is 0 Å². The van der Waals surface area contributed by atoms with Crippen LogP contribution >= 0.6 is 0 Å². The Hall–Kier alpha value is -0.640. The van der Waals surface area contributed by atoms with Crippen molar-refractivity contribution in [1.82, 2.24) is 0 Å². The van der Waals surface area contributed by atoms with E-state index in [0.717, 1.165) is 32.6 Å². The van der Waals surface area contributed by atoms with Crippen molar-refractivity contribution in [2.75, 3.05) is 0 Å². The molecule has 0 radical (unpaired) electrons. The first-order valence-corrected chi connectivity index (χ1v) is 5.98. The zero-order valence-electron chi connectivity index (χ0n) is 9.71. The number of hydrogen-bond acceptors (Lipinski definition) is 2. The maximum atomic E-state index is 14.0. The van der Waals surface area contributed by atoms with Gasteiger partial charge in [0.2, 0.25) is 0 Å². The SMILES string of the molecule is CC(=O)O.NC12CC3CC(C1)CC(F)(C3)C2. The van der Waals surface area contributed by atoms with Gasteiger partial charge in [-0.1, -0.05) is 0 Å². The lowest BCUT2D eigenvalue weighted by Crippen LogP contribution is -2.61. The van der Waals surface area contributed by atoms with Gasteiger partial charge >= 0.3 is 0 Å². The minimum Gasteiger partial charge on any atom is -0.481 e. The molecule has 3 nitrogen and oxygen atoms in total. The summed E-state index contributed by atoms with van der Waals surface area (Å²) in [7, 11) is 0. The Morgan fingerprint density at radius 1 is 1.31 bits per heavy atom. The number of aliphatic carboxylic acids is 1. The summed E-state index contributed by atoms with van der Waals surface area (Å²) in [5.74, 6) is 0.391. The van der Waals surface area contributed by atoms with Gasteiger partial charge in [-0.2, -0.15) is 0 Å². The Labute approximate surface area is 95.2 Å². The van der Waals surface area contributed by atoms with Crippen molar-refractivity contribution in [3.8, 4) is 0 Å². The Morgan fingerprint density at radius 3 is 2.06 bits per heavy atom. The van der Waals surface area contributed by atoms with E-state index in [1.165, 1.54) is 6.42 Å². The van der Waals surface area contributed by atoms with E-state index in [4.69, 9.17) is 15.6 Å². The quantitative estimate of drug-likeness (QED) is 0.668. The van der Waals surface area contributed by atoms with E-state index in [-0.39, 0.29) is 5.54 Å². The van der Waals surface area contributed by atoms with Crippen LogP contribution in [0.2, 0.25) is 0 Å². The number of carbonyl (C=O) groups is 1. The third-order valence-electron chi connectivity index (χ3n) is 4.03. The van der Waals surface area contributed by atoms with Gasteiger partial charge in [0.05, 0.1) is 0 Å². The van der Waals surface area contributed by atoms with Crippen molar-refractivity contribution in [3.63, 3.8) is 0 Å². The van der Waals surface area contributed by atoms with Crippen LogP contribution in [-0.2, 0) is 4.79 Å². The molecule has 4 aliphatic rings. The minimum absolute atomic E-state index is 0.112. The summed E-state index contributed by atoms with van der Waals surface area (Å²) in [6.07, 6.45) is 5.70. The molecule has 0 saturated heterocycles. The molecule has 3 N–H and O–H groups in total. The summed E-state index contributed by atoms with van der Waals surface area (Å²) in [4.78, 5) is 9.00. The molecule has 92 valence electrons. The molecule has 4 saturated carbocycles. The van der Waals surface area contributed by atoms with E-state index in [2.05, 4.69) is 0 Å². The van der Waals surface area contributed by atoms with Crippen LogP contribution in [-0.4, -0.2) is 22.3 Å². The van der Waals surface area contributed by atoms with Crippen LogP contribution in [0, 0.1) is 11.8 Å². The van der Waals surface area contributed by atoms with Crippen LogP contribution < -0.4 is 5.73 Å². The molecule has 0 aromatic rings. The molecule has 0 aromatic heterocycles. The monoisotopic (exact) mass is 229 g/mol. The van der Waals surface area contributed by atoms with E-state index in [1.807, 2.05) is 0 Å². The van der Waals surface area contributed by atoms with Crippen molar-refractivity contribution in [1.29, 1.82) is 0 Å². The van der Waals surface area contributed by atoms with E-state index in [0.29, 0.717) is 18.3 Å². The first-order valence-electron chi connectivity index (χ1n) is 5.98. The molecule has 4 bridgehead atoms. The third kappa shape index (κ3) is 2.37. The summed E-state index contributed by atoms with van der Waals surface area (Å²) in [6.45, 7) is 1.08. The Kier molecular flexibility index (Phi) is 2.73. The highest BCUT2D eigenvalue weighted by Gasteiger charge is 2.56. The molecule has 0 heterocycles. The van der Waals surface area contributed by atoms with Gasteiger partial charge in [-0.3, -0.25) is 4.79 Å². The molecule has 2 atom stereocenters. The number of nitrogens with two attached hydrogens (primary N) is 1. The molecular weight excluding hydrogens is 209 g/mol. The predicted molar refractivity (Wildman–Crippen MR) is 58.7 cm³/mol. The maximum Gasteiger partial charge on any atom is 0.300 e. The molecule has 0 spiro atoms. The van der Waals surface area contributed by atoms with Crippen molar-refractivity contribution < 1.29 is 14.3 Å². The topological polar surface area (TPSA) is 63.3 Å². The first-order chi connectivity index (χ1) is 7.30. The standard InChI is InChI=1S/C10H16FN.C2H4O2/c11-9-2-7-1-8(3-9)5-10(12,4-7)6-9;1-2(3)4/h7-8H,1-6,12H2;1H3,(H,3,4). The van der Waals surface area contributed by atoms with Crippen LogP contribution in [0.15, 0.2) is 0 Å². The van der Waals surface area contributed by atoms with Crippen LogP contribution in [0.5, 0.6) is 0 Å². The third-order valence-corrected chi connectivity index (χ3v) is 4.03. The summed E-state index contributed by atoms with van der Waals surface area (Å²) in [5, 5.41) is 7.42. The van der Waals surface area contributed by atoms with Crippen molar-refractivity contribution in [3.05, 3.63) is 0 Å². The van der Waals surface area contributed by atoms with Crippen molar-refractivity contribution in [2.24, 2.45) is 17.6 Å². The number of carboxylic acid groups (broad SMARTS) is 1. The minimum atomic E-state index is -0.862. The highest BCUT2D eigenvalue weighted by molar-refractivity contribution is 5.62. The van der Waals surface area contributed by atoms with Gasteiger partial charge in [0, 0.05) is 12.5 Å². The molecular formula is C12H20FNO2. The van der Waals surface area contributed by atoms with E-state index in [1.54, 1.807) is 0 Å². The Balaban J connectivity index is 0.000000212. The maximum absolute atomic E-state index is 14.0. The number of rotatable bonds is 0. The molecule has 0 aliphatic heterocycles. The summed E-state index contributed by atoms with van der Waals surface area (Å²) < 4.78 is 14.0. The molecule has 0 amide bonds. The van der Waals surface area contributed by atoms with E-state index < -0.39 is 11.6 Å². The lowest BCUT2D eigenvalue weighted by Gasteiger charge is -2.57. The Bertz CT molecular complexity index is 267. The van der Waals surface area contributed by atoms with Crippen LogP contribution in [0.4, 0.5) is 4.39 Å². The second kappa shape index (κ2) is 3.69. The number of carboxylic acids is 1. The second-order valence-corrected chi connectivity index (χ2v) is 5.99. The fraction of sp³-hybridized carbons (Fsp3) is 0.917. The summed E-state index contributed by atoms with van der Waals surface area (Å²) in [6, 6.07) is 0. The van der Waals surface area contributed by atoms with Gasteiger partial charge in [0.1, 0.15) is 5.67 Å². The van der Waals surface area contributed by atoms with Gasteiger partial charge in [0.15, 0.2) is 0 Å². The molecule has 4 fully saturated rings. The van der Waals surface area contributed by atoms with Crippen LogP contribution in [0.25, 0.3) is 0 Å². The molecule has 2 unspecified atom stereocenters. The second-order valence-electron chi connectivity index (χ2n) is 5.99. The highest BCUT2D eigenvalue weighted by Crippen LogP contribution is 2.57. The van der Waals surface area contributed by atoms with Gasteiger partial charge < -0.3 is 10.8 Å². The average molecular weight is 229 g/mol. The molecule has 0 aromatic carbocycles. The lowest BCUT2D eigenvalue weighted by molar-refractivity contribution is -0.134. The largest absolute Gasteiger partial charge is 0.481 e. The van der Waals surface area contributed by atoms with Crippen molar-refractivity contribution in [2.45, 2.75) is 56.7 Å². The zero-order chi connectivity index (χ0) is 12.0. The highest BCUT2D eigenvalue weighted by atomic mass is 19.1. The summed E-state index contributed by atoms with van der Waals surface area (Å²) in [5.41, 5.74) is 5.19. The first kappa shape index (κ1) is 11.8.